The number of rotatable bonds is 1. The van der Waals surface area contributed by atoms with Gasteiger partial charge in [-0.05, 0) is 40.8 Å². The standard InChI is InChI=1S/C11H6Cl2INO2/c1-17-11(16)8-9(12)6-4-5(14)2-3-7(6)15-10(8)13/h2-4H,1H3. The molecule has 0 bridgehead atoms. The van der Waals surface area contributed by atoms with Gasteiger partial charge in [-0.2, -0.15) is 0 Å². The Balaban J connectivity index is 2.82. The molecule has 0 fully saturated rings. The van der Waals surface area contributed by atoms with Crippen molar-refractivity contribution in [2.75, 3.05) is 7.11 Å². The summed E-state index contributed by atoms with van der Waals surface area (Å²) in [5.41, 5.74) is 0.749. The van der Waals surface area contributed by atoms with Crippen molar-refractivity contribution >= 4 is 62.7 Å². The second-order valence-corrected chi connectivity index (χ2v) is 5.23. The number of carbonyl (C=O) groups is 1. The molecule has 1 heterocycles. The second kappa shape index (κ2) is 4.96. The molecule has 0 radical (unpaired) electrons. The van der Waals surface area contributed by atoms with Crippen molar-refractivity contribution in [3.8, 4) is 0 Å². The molecule has 0 aliphatic carbocycles. The number of aromatic nitrogens is 1. The number of nitrogens with zero attached hydrogens (tertiary/aromatic N) is 1. The van der Waals surface area contributed by atoms with Crippen molar-refractivity contribution in [3.63, 3.8) is 0 Å². The van der Waals surface area contributed by atoms with E-state index in [0.29, 0.717) is 10.9 Å². The molecule has 0 aliphatic heterocycles. The summed E-state index contributed by atoms with van der Waals surface area (Å²) in [6, 6.07) is 5.53. The fourth-order valence-electron chi connectivity index (χ4n) is 1.44. The number of fused-ring (bicyclic) bond motifs is 1. The van der Waals surface area contributed by atoms with Gasteiger partial charge in [0.15, 0.2) is 0 Å². The van der Waals surface area contributed by atoms with Crippen molar-refractivity contribution in [1.29, 1.82) is 0 Å². The lowest BCUT2D eigenvalue weighted by atomic mass is 10.1. The molecular formula is C11H6Cl2INO2. The third-order valence-corrected chi connectivity index (χ3v) is 3.57. The minimum Gasteiger partial charge on any atom is -0.465 e. The Morgan fingerprint density at radius 1 is 1.41 bits per heavy atom. The predicted molar refractivity (Wildman–Crippen MR) is 75.8 cm³/mol. The van der Waals surface area contributed by atoms with Crippen LogP contribution in [0, 0.1) is 3.57 Å². The zero-order chi connectivity index (χ0) is 12.6. The largest absolute Gasteiger partial charge is 0.465 e. The number of halogens is 3. The number of hydrogen-bond donors (Lipinski definition) is 0. The highest BCUT2D eigenvalue weighted by atomic mass is 127. The van der Waals surface area contributed by atoms with Crippen molar-refractivity contribution < 1.29 is 9.53 Å². The van der Waals surface area contributed by atoms with Gasteiger partial charge in [0.25, 0.3) is 0 Å². The molecule has 0 spiro atoms. The number of methoxy groups -OCH3 is 1. The van der Waals surface area contributed by atoms with E-state index in [4.69, 9.17) is 23.2 Å². The molecule has 3 nitrogen and oxygen atoms in total. The Morgan fingerprint density at radius 2 is 2.12 bits per heavy atom. The smallest absolute Gasteiger partial charge is 0.342 e. The van der Waals surface area contributed by atoms with Gasteiger partial charge in [-0.1, -0.05) is 23.2 Å². The monoisotopic (exact) mass is 381 g/mol. The van der Waals surface area contributed by atoms with E-state index in [0.717, 1.165) is 3.57 Å². The van der Waals surface area contributed by atoms with E-state index < -0.39 is 5.97 Å². The zero-order valence-corrected chi connectivity index (χ0v) is 12.3. The number of ether oxygens (including phenoxy) is 1. The van der Waals surface area contributed by atoms with E-state index in [9.17, 15) is 4.79 Å². The Morgan fingerprint density at radius 3 is 2.76 bits per heavy atom. The van der Waals surface area contributed by atoms with Crippen molar-refractivity contribution in [3.05, 3.63) is 37.5 Å². The molecule has 0 saturated heterocycles. The average Bonchev–Trinajstić information content (AvgIpc) is 2.30. The first-order chi connectivity index (χ1) is 8.04. The lowest BCUT2D eigenvalue weighted by molar-refractivity contribution is 0.0601. The highest BCUT2D eigenvalue weighted by Crippen LogP contribution is 2.32. The van der Waals surface area contributed by atoms with Gasteiger partial charge in [0.05, 0.1) is 17.6 Å². The first kappa shape index (κ1) is 12.9. The zero-order valence-electron chi connectivity index (χ0n) is 8.63. The number of pyridine rings is 1. The van der Waals surface area contributed by atoms with Gasteiger partial charge in [-0.15, -0.1) is 0 Å². The lowest BCUT2D eigenvalue weighted by Crippen LogP contribution is -2.05. The Kier molecular flexibility index (Phi) is 3.75. The van der Waals surface area contributed by atoms with Crippen LogP contribution in [0.5, 0.6) is 0 Å². The molecule has 2 aromatic rings. The van der Waals surface area contributed by atoms with E-state index in [1.807, 2.05) is 12.1 Å². The Bertz CT molecular complexity index is 616. The molecular weight excluding hydrogens is 376 g/mol. The van der Waals surface area contributed by atoms with Gasteiger partial charge in [0.1, 0.15) is 10.7 Å². The van der Waals surface area contributed by atoms with E-state index in [1.165, 1.54) is 7.11 Å². The van der Waals surface area contributed by atoms with Gasteiger partial charge in [-0.3, -0.25) is 0 Å². The highest BCUT2D eigenvalue weighted by Gasteiger charge is 2.19. The molecule has 6 heteroatoms. The third-order valence-electron chi connectivity index (χ3n) is 2.23. The molecule has 0 atom stereocenters. The maximum Gasteiger partial charge on any atom is 0.342 e. The third kappa shape index (κ3) is 2.34. The van der Waals surface area contributed by atoms with Crippen LogP contribution in [0.3, 0.4) is 0 Å². The molecule has 1 aromatic heterocycles. The van der Waals surface area contributed by atoms with Crippen molar-refractivity contribution in [2.45, 2.75) is 0 Å². The molecule has 88 valence electrons. The number of benzene rings is 1. The minimum atomic E-state index is -0.590. The van der Waals surface area contributed by atoms with Gasteiger partial charge >= 0.3 is 5.97 Å². The van der Waals surface area contributed by atoms with E-state index in [1.54, 1.807) is 6.07 Å². The van der Waals surface area contributed by atoms with E-state index in [-0.39, 0.29) is 15.7 Å². The topological polar surface area (TPSA) is 39.2 Å². The number of esters is 1. The maximum absolute atomic E-state index is 11.6. The van der Waals surface area contributed by atoms with Crippen LogP contribution in [0.2, 0.25) is 10.2 Å². The molecule has 0 amide bonds. The Labute approximate surface area is 121 Å². The molecule has 2 rings (SSSR count). The van der Waals surface area contributed by atoms with Crippen molar-refractivity contribution in [2.24, 2.45) is 0 Å². The summed E-state index contributed by atoms with van der Waals surface area (Å²) in [7, 11) is 1.27. The second-order valence-electron chi connectivity index (χ2n) is 3.24. The molecule has 0 N–H and O–H groups in total. The Hall–Kier alpha value is -0.590. The van der Waals surface area contributed by atoms with Crippen LogP contribution >= 0.6 is 45.8 Å². The van der Waals surface area contributed by atoms with E-state index >= 15 is 0 Å². The summed E-state index contributed by atoms with van der Waals surface area (Å²) in [5.74, 6) is -0.590. The van der Waals surface area contributed by atoms with E-state index in [2.05, 4.69) is 32.3 Å². The summed E-state index contributed by atoms with van der Waals surface area (Å²) in [6.45, 7) is 0. The molecule has 0 unspecified atom stereocenters. The molecule has 17 heavy (non-hydrogen) atoms. The van der Waals surface area contributed by atoms with Crippen LogP contribution in [0.1, 0.15) is 10.4 Å². The predicted octanol–water partition coefficient (Wildman–Crippen LogP) is 3.93. The summed E-state index contributed by atoms with van der Waals surface area (Å²) in [5, 5.41) is 1.00. The van der Waals surface area contributed by atoms with Crippen LogP contribution in [-0.2, 0) is 4.74 Å². The van der Waals surface area contributed by atoms with Gasteiger partial charge < -0.3 is 4.74 Å². The lowest BCUT2D eigenvalue weighted by Gasteiger charge is -2.08. The highest BCUT2D eigenvalue weighted by molar-refractivity contribution is 14.1. The normalized spacial score (nSPS) is 10.6. The number of hydrogen-bond acceptors (Lipinski definition) is 3. The summed E-state index contributed by atoms with van der Waals surface area (Å²) >= 11 is 14.2. The number of carbonyl (C=O) groups excluding carboxylic acids is 1. The maximum atomic E-state index is 11.6. The van der Waals surface area contributed by atoms with Crippen LogP contribution < -0.4 is 0 Å². The first-order valence-corrected chi connectivity index (χ1v) is 6.40. The molecule has 0 saturated carbocycles. The van der Waals surface area contributed by atoms with Crippen LogP contribution in [0.15, 0.2) is 18.2 Å². The summed E-state index contributed by atoms with van der Waals surface area (Å²) in [4.78, 5) is 15.7. The van der Waals surface area contributed by atoms with Gasteiger partial charge in [-0.25, -0.2) is 9.78 Å². The average molecular weight is 382 g/mol. The quantitative estimate of drug-likeness (QED) is 0.426. The summed E-state index contributed by atoms with van der Waals surface area (Å²) in [6.07, 6.45) is 0. The van der Waals surface area contributed by atoms with Crippen LogP contribution in [0.25, 0.3) is 10.9 Å². The van der Waals surface area contributed by atoms with Gasteiger partial charge in [0.2, 0.25) is 0 Å². The summed E-state index contributed by atoms with van der Waals surface area (Å²) < 4.78 is 5.62. The minimum absolute atomic E-state index is 0.0514. The van der Waals surface area contributed by atoms with Crippen LogP contribution in [-0.4, -0.2) is 18.1 Å². The van der Waals surface area contributed by atoms with Gasteiger partial charge in [0, 0.05) is 8.96 Å². The molecule has 0 aliphatic rings. The first-order valence-electron chi connectivity index (χ1n) is 4.57. The van der Waals surface area contributed by atoms with Crippen molar-refractivity contribution in [1.82, 2.24) is 4.98 Å². The van der Waals surface area contributed by atoms with Crippen LogP contribution in [0.4, 0.5) is 0 Å². The SMILES string of the molecule is COC(=O)c1c(Cl)nc2ccc(I)cc2c1Cl. The fraction of sp³-hybridized carbons (Fsp3) is 0.0909. The fourth-order valence-corrected chi connectivity index (χ4v) is 2.56. The molecule has 1 aromatic carbocycles.